The van der Waals surface area contributed by atoms with Gasteiger partial charge >= 0.3 is 0 Å². The summed E-state index contributed by atoms with van der Waals surface area (Å²) in [5, 5.41) is 9.11. The lowest BCUT2D eigenvalue weighted by Gasteiger charge is -2.30. The highest BCUT2D eigenvalue weighted by atomic mass is 16.3. The lowest BCUT2D eigenvalue weighted by Crippen LogP contribution is -2.22. The van der Waals surface area contributed by atoms with E-state index in [1.54, 1.807) is 0 Å². The molecule has 1 atom stereocenters. The minimum atomic E-state index is 0.178. The van der Waals surface area contributed by atoms with Gasteiger partial charge in [-0.25, -0.2) is 0 Å². The van der Waals surface area contributed by atoms with Crippen molar-refractivity contribution in [2.24, 2.45) is 5.92 Å². The van der Waals surface area contributed by atoms with Crippen LogP contribution in [0.4, 0.5) is 0 Å². The number of hydrogen-bond donors (Lipinski definition) is 1. The SMILES string of the molecule is CC(CO)CCCc1ccc(C(C)(C)C)c(C(C)(C)C)c1. The maximum Gasteiger partial charge on any atom is 0.0456 e. The smallest absolute Gasteiger partial charge is 0.0456 e. The highest BCUT2D eigenvalue weighted by molar-refractivity contribution is 5.40. The molecule has 1 unspecified atom stereocenters. The van der Waals surface area contributed by atoms with Gasteiger partial charge < -0.3 is 5.11 Å². The second-order valence-electron chi connectivity index (χ2n) is 8.56. The van der Waals surface area contributed by atoms with Gasteiger partial charge in [-0.3, -0.25) is 0 Å². The average Bonchev–Trinajstić information content (AvgIpc) is 2.36. The first kappa shape index (κ1) is 18.2. The summed E-state index contributed by atoms with van der Waals surface area (Å²) >= 11 is 0. The molecule has 0 radical (unpaired) electrons. The predicted molar refractivity (Wildman–Crippen MR) is 93.0 cm³/mol. The molecule has 0 amide bonds. The molecular formula is C20H34O. The Morgan fingerprint density at radius 2 is 1.52 bits per heavy atom. The maximum atomic E-state index is 9.11. The molecule has 0 spiro atoms. The van der Waals surface area contributed by atoms with Gasteiger partial charge in [0.2, 0.25) is 0 Å². The summed E-state index contributed by atoms with van der Waals surface area (Å²) in [5.74, 6) is 0.418. The topological polar surface area (TPSA) is 20.2 Å². The van der Waals surface area contributed by atoms with Gasteiger partial charge in [0.05, 0.1) is 0 Å². The standard InChI is InChI=1S/C20H34O/c1-15(14-21)9-8-10-16-11-12-17(19(2,3)4)18(13-16)20(5,6)7/h11-13,15,21H,8-10,14H2,1-7H3. The average molecular weight is 290 g/mol. The van der Waals surface area contributed by atoms with Crippen LogP contribution in [0.3, 0.4) is 0 Å². The molecule has 0 aliphatic rings. The molecule has 21 heavy (non-hydrogen) atoms. The Balaban J connectivity index is 2.95. The Labute approximate surface area is 131 Å². The fourth-order valence-electron chi connectivity index (χ4n) is 2.77. The predicted octanol–water partition coefficient (Wildman–Crippen LogP) is 5.23. The molecule has 0 fully saturated rings. The van der Waals surface area contributed by atoms with E-state index in [1.165, 1.54) is 16.7 Å². The van der Waals surface area contributed by atoms with Crippen molar-refractivity contribution in [3.63, 3.8) is 0 Å². The summed E-state index contributed by atoms with van der Waals surface area (Å²) in [7, 11) is 0. The van der Waals surface area contributed by atoms with E-state index in [2.05, 4.69) is 66.7 Å². The molecule has 0 aromatic heterocycles. The molecular weight excluding hydrogens is 256 g/mol. The summed E-state index contributed by atoms with van der Waals surface area (Å²) in [4.78, 5) is 0. The van der Waals surface area contributed by atoms with E-state index in [-0.39, 0.29) is 10.8 Å². The number of aliphatic hydroxyl groups excluding tert-OH is 1. The molecule has 1 N–H and O–H groups in total. The van der Waals surface area contributed by atoms with Crippen LogP contribution in [0.15, 0.2) is 18.2 Å². The quantitative estimate of drug-likeness (QED) is 0.787. The number of aliphatic hydroxyl groups is 1. The van der Waals surface area contributed by atoms with Gasteiger partial charge in [0.1, 0.15) is 0 Å². The van der Waals surface area contributed by atoms with E-state index in [0.717, 1.165) is 19.3 Å². The monoisotopic (exact) mass is 290 g/mol. The van der Waals surface area contributed by atoms with Crippen molar-refractivity contribution in [2.75, 3.05) is 6.61 Å². The van der Waals surface area contributed by atoms with Crippen LogP contribution in [0.5, 0.6) is 0 Å². The van der Waals surface area contributed by atoms with Crippen LogP contribution in [-0.4, -0.2) is 11.7 Å². The van der Waals surface area contributed by atoms with Gasteiger partial charge in [-0.1, -0.05) is 66.7 Å². The Kier molecular flexibility index (Phi) is 6.04. The first-order valence-electron chi connectivity index (χ1n) is 8.30. The third-order valence-corrected chi connectivity index (χ3v) is 4.17. The molecule has 1 rings (SSSR count). The van der Waals surface area contributed by atoms with E-state index in [0.29, 0.717) is 12.5 Å². The molecule has 0 heterocycles. The van der Waals surface area contributed by atoms with Crippen molar-refractivity contribution in [2.45, 2.75) is 78.6 Å². The van der Waals surface area contributed by atoms with Gasteiger partial charge in [0.15, 0.2) is 0 Å². The van der Waals surface area contributed by atoms with Gasteiger partial charge in [-0.2, -0.15) is 0 Å². The van der Waals surface area contributed by atoms with Crippen molar-refractivity contribution in [1.82, 2.24) is 0 Å². The molecule has 0 aliphatic carbocycles. The van der Waals surface area contributed by atoms with Crippen LogP contribution in [0.25, 0.3) is 0 Å². The number of rotatable bonds is 5. The van der Waals surface area contributed by atoms with Crippen molar-refractivity contribution in [1.29, 1.82) is 0 Å². The van der Waals surface area contributed by atoms with Gasteiger partial charge in [-0.05, 0) is 52.7 Å². The number of hydrogen-bond acceptors (Lipinski definition) is 1. The van der Waals surface area contributed by atoms with Crippen LogP contribution in [0.2, 0.25) is 0 Å². The van der Waals surface area contributed by atoms with Gasteiger partial charge in [-0.15, -0.1) is 0 Å². The Morgan fingerprint density at radius 1 is 0.952 bits per heavy atom. The highest BCUT2D eigenvalue weighted by Crippen LogP contribution is 2.34. The van der Waals surface area contributed by atoms with E-state index < -0.39 is 0 Å². The van der Waals surface area contributed by atoms with Crippen molar-refractivity contribution in [3.8, 4) is 0 Å². The summed E-state index contributed by atoms with van der Waals surface area (Å²) < 4.78 is 0. The molecule has 120 valence electrons. The molecule has 1 nitrogen and oxygen atoms in total. The molecule has 1 heteroatoms. The number of aryl methyl sites for hydroxylation is 1. The minimum absolute atomic E-state index is 0.178. The fraction of sp³-hybridized carbons (Fsp3) is 0.700. The zero-order valence-corrected chi connectivity index (χ0v) is 15.1. The first-order valence-corrected chi connectivity index (χ1v) is 8.30. The molecule has 0 saturated heterocycles. The second-order valence-corrected chi connectivity index (χ2v) is 8.56. The summed E-state index contributed by atoms with van der Waals surface area (Å²) in [6.45, 7) is 16.2. The third kappa shape index (κ3) is 5.47. The van der Waals surface area contributed by atoms with Crippen LogP contribution in [0, 0.1) is 5.92 Å². The van der Waals surface area contributed by atoms with Crippen molar-refractivity contribution >= 4 is 0 Å². The van der Waals surface area contributed by atoms with Crippen LogP contribution < -0.4 is 0 Å². The normalized spacial score (nSPS) is 14.3. The van der Waals surface area contributed by atoms with Crippen molar-refractivity contribution < 1.29 is 5.11 Å². The van der Waals surface area contributed by atoms with Gasteiger partial charge in [0.25, 0.3) is 0 Å². The molecule has 1 aromatic carbocycles. The van der Waals surface area contributed by atoms with E-state index in [4.69, 9.17) is 5.11 Å². The lowest BCUT2D eigenvalue weighted by atomic mass is 9.74. The zero-order chi connectivity index (χ0) is 16.3. The summed E-state index contributed by atoms with van der Waals surface area (Å²) in [6.07, 6.45) is 3.36. The Bertz CT molecular complexity index is 446. The molecule has 0 aliphatic heterocycles. The molecule has 0 bridgehead atoms. The fourth-order valence-corrected chi connectivity index (χ4v) is 2.77. The third-order valence-electron chi connectivity index (χ3n) is 4.17. The second kappa shape index (κ2) is 6.96. The van der Waals surface area contributed by atoms with Crippen LogP contribution >= 0.6 is 0 Å². The number of benzene rings is 1. The summed E-state index contributed by atoms with van der Waals surface area (Å²) in [6, 6.07) is 7.02. The van der Waals surface area contributed by atoms with E-state index in [9.17, 15) is 0 Å². The highest BCUT2D eigenvalue weighted by Gasteiger charge is 2.25. The summed E-state index contributed by atoms with van der Waals surface area (Å²) in [5.41, 5.74) is 4.73. The van der Waals surface area contributed by atoms with Crippen molar-refractivity contribution in [3.05, 3.63) is 34.9 Å². The first-order chi connectivity index (χ1) is 9.55. The molecule has 1 aromatic rings. The minimum Gasteiger partial charge on any atom is -0.396 e. The van der Waals surface area contributed by atoms with Crippen LogP contribution in [-0.2, 0) is 17.3 Å². The van der Waals surface area contributed by atoms with Gasteiger partial charge in [0, 0.05) is 6.61 Å². The maximum absolute atomic E-state index is 9.11. The molecule has 0 saturated carbocycles. The Morgan fingerprint density at radius 3 is 2.00 bits per heavy atom. The van der Waals surface area contributed by atoms with Crippen LogP contribution in [0.1, 0.15) is 78.0 Å². The van der Waals surface area contributed by atoms with E-state index >= 15 is 0 Å². The Hall–Kier alpha value is -0.820. The zero-order valence-electron chi connectivity index (χ0n) is 15.1. The van der Waals surface area contributed by atoms with E-state index in [1.807, 2.05) is 0 Å². The largest absolute Gasteiger partial charge is 0.396 e. The lowest BCUT2D eigenvalue weighted by molar-refractivity contribution is 0.228.